The summed E-state index contributed by atoms with van der Waals surface area (Å²) in [6.07, 6.45) is 17.2. The van der Waals surface area contributed by atoms with Gasteiger partial charge in [-0.25, -0.2) is 4.57 Å². The lowest BCUT2D eigenvalue weighted by atomic mass is 10.1. The fourth-order valence-corrected chi connectivity index (χ4v) is 4.04. The van der Waals surface area contributed by atoms with E-state index in [1.54, 1.807) is 0 Å². The Kier molecular flexibility index (Phi) is 17.9. The second kappa shape index (κ2) is 17.9. The highest BCUT2D eigenvalue weighted by molar-refractivity contribution is 7.47. The van der Waals surface area contributed by atoms with Crippen molar-refractivity contribution in [1.82, 2.24) is 0 Å². The van der Waals surface area contributed by atoms with Gasteiger partial charge in [0.15, 0.2) is 0 Å². The summed E-state index contributed by atoms with van der Waals surface area (Å²) in [7, 11) is 0.400. The number of phosphoric acid groups is 1. The average Bonchev–Trinajstić information content (AvgIpc) is 2.63. The van der Waals surface area contributed by atoms with E-state index < -0.39 is 7.82 Å². The highest BCUT2D eigenvalue weighted by Gasteiger charge is 2.23. The largest absolute Gasteiger partial charge is 0.472 e. The van der Waals surface area contributed by atoms with E-state index in [1.165, 1.54) is 77.0 Å². The first-order valence-electron chi connectivity index (χ1n) is 11.8. The molecular weight excluding hydrogens is 373 g/mol. The summed E-state index contributed by atoms with van der Waals surface area (Å²) in [4.78, 5) is 9.81. The van der Waals surface area contributed by atoms with Gasteiger partial charge in [-0.1, -0.05) is 84.5 Å². The molecule has 0 aromatic rings. The Hall–Kier alpha value is 0.0700. The van der Waals surface area contributed by atoms with E-state index in [9.17, 15) is 9.46 Å². The van der Waals surface area contributed by atoms with E-state index in [1.807, 2.05) is 0 Å². The van der Waals surface area contributed by atoms with Gasteiger partial charge in [0, 0.05) is 0 Å². The molecular formula is C22H49NO4P+. The molecule has 0 aromatic heterocycles. The van der Waals surface area contributed by atoms with Gasteiger partial charge in [-0.3, -0.25) is 9.05 Å². The van der Waals surface area contributed by atoms with Crippen molar-refractivity contribution in [2.45, 2.75) is 104 Å². The van der Waals surface area contributed by atoms with Crippen LogP contribution >= 0.6 is 7.82 Å². The molecule has 0 saturated heterocycles. The Bertz CT molecular complexity index is 391. The van der Waals surface area contributed by atoms with Gasteiger partial charge < -0.3 is 9.38 Å². The van der Waals surface area contributed by atoms with E-state index in [4.69, 9.17) is 9.05 Å². The van der Waals surface area contributed by atoms with Crippen molar-refractivity contribution < 1.29 is 23.0 Å². The van der Waals surface area contributed by atoms with E-state index in [2.05, 4.69) is 27.9 Å². The first kappa shape index (κ1) is 28.1. The van der Waals surface area contributed by atoms with Crippen molar-refractivity contribution in [1.29, 1.82) is 0 Å². The normalized spacial score (nSPS) is 14.3. The van der Waals surface area contributed by atoms with Crippen LogP contribution in [0.1, 0.15) is 104 Å². The number of unbranched alkanes of at least 4 members (excludes halogenated alkanes) is 12. The quantitative estimate of drug-likeness (QED) is 0.127. The second-order valence-electron chi connectivity index (χ2n) is 8.76. The minimum Gasteiger partial charge on any atom is -0.327 e. The maximum absolute atomic E-state index is 12.0. The third-order valence-electron chi connectivity index (χ3n) is 5.32. The van der Waals surface area contributed by atoms with E-state index in [0.29, 0.717) is 6.61 Å². The van der Waals surface area contributed by atoms with Crippen LogP contribution in [-0.4, -0.2) is 49.8 Å². The molecule has 0 aliphatic rings. The van der Waals surface area contributed by atoms with Crippen molar-refractivity contribution in [3.63, 3.8) is 0 Å². The molecule has 1 N–H and O–H groups in total. The number of rotatable bonds is 21. The average molecular weight is 423 g/mol. The molecule has 0 amide bonds. The molecule has 0 rings (SSSR count). The highest BCUT2D eigenvalue weighted by atomic mass is 31.2. The van der Waals surface area contributed by atoms with E-state index >= 15 is 0 Å². The molecule has 170 valence electrons. The number of hydrogen-bond acceptors (Lipinski definition) is 3. The van der Waals surface area contributed by atoms with Crippen molar-refractivity contribution in [2.75, 3.05) is 40.4 Å². The van der Waals surface area contributed by atoms with Gasteiger partial charge >= 0.3 is 7.82 Å². The van der Waals surface area contributed by atoms with Gasteiger partial charge in [0.25, 0.3) is 0 Å². The maximum Gasteiger partial charge on any atom is 0.472 e. The topological polar surface area (TPSA) is 55.8 Å². The molecule has 0 heterocycles. The van der Waals surface area contributed by atoms with Crippen molar-refractivity contribution in [3.8, 4) is 0 Å². The third-order valence-corrected chi connectivity index (χ3v) is 6.34. The van der Waals surface area contributed by atoms with Gasteiger partial charge in [-0.05, 0) is 19.3 Å². The third kappa shape index (κ3) is 19.4. The molecule has 5 nitrogen and oxygen atoms in total. The summed E-state index contributed by atoms with van der Waals surface area (Å²) < 4.78 is 23.1. The lowest BCUT2D eigenvalue weighted by Gasteiger charge is -2.29. The van der Waals surface area contributed by atoms with Crippen molar-refractivity contribution >= 4 is 7.82 Å². The summed E-state index contributed by atoms with van der Waals surface area (Å²) in [6.45, 7) is 6.82. The van der Waals surface area contributed by atoms with Gasteiger partial charge in [-0.15, -0.1) is 0 Å². The molecule has 0 aliphatic heterocycles. The zero-order valence-electron chi connectivity index (χ0n) is 19.3. The Morgan fingerprint density at radius 2 is 1.07 bits per heavy atom. The standard InChI is InChI=1S/C22H48NO4P/c1-5-7-9-11-13-14-16-18-21-26-28(24,25)27-22-20-23(3,4)19-17-15-12-10-8-6-2/h5-22H2,1-4H3/p+1. The fraction of sp³-hybridized carbons (Fsp3) is 1.00. The zero-order valence-corrected chi connectivity index (χ0v) is 20.2. The minimum absolute atomic E-state index is 0.258. The van der Waals surface area contributed by atoms with Crippen LogP contribution in [0.2, 0.25) is 0 Å². The molecule has 1 atom stereocenters. The van der Waals surface area contributed by atoms with Gasteiger partial charge in [0.05, 0.1) is 27.2 Å². The maximum atomic E-state index is 12.0. The first-order chi connectivity index (χ1) is 13.3. The molecule has 0 aromatic carbocycles. The van der Waals surface area contributed by atoms with Crippen LogP contribution in [0.5, 0.6) is 0 Å². The van der Waals surface area contributed by atoms with E-state index in [-0.39, 0.29) is 6.61 Å². The molecule has 28 heavy (non-hydrogen) atoms. The fourth-order valence-electron chi connectivity index (χ4n) is 3.29. The smallest absolute Gasteiger partial charge is 0.327 e. The monoisotopic (exact) mass is 422 g/mol. The number of hydrogen-bond donors (Lipinski definition) is 1. The lowest BCUT2D eigenvalue weighted by molar-refractivity contribution is -0.890. The Labute approximate surface area is 175 Å². The number of nitrogens with zero attached hydrogens (tertiary/aromatic N) is 1. The van der Waals surface area contributed by atoms with Crippen LogP contribution in [0.4, 0.5) is 0 Å². The molecule has 0 bridgehead atoms. The van der Waals surface area contributed by atoms with Crippen LogP contribution < -0.4 is 0 Å². The van der Waals surface area contributed by atoms with Crippen molar-refractivity contribution in [3.05, 3.63) is 0 Å². The Balaban J connectivity index is 3.67. The number of likely N-dealkylation sites (N-methyl/N-ethyl adjacent to an activating group) is 1. The van der Waals surface area contributed by atoms with Gasteiger partial charge in [-0.2, -0.15) is 0 Å². The molecule has 0 radical (unpaired) electrons. The van der Waals surface area contributed by atoms with Crippen LogP contribution in [0.3, 0.4) is 0 Å². The molecule has 6 heteroatoms. The molecule has 1 unspecified atom stereocenters. The Morgan fingerprint density at radius 3 is 1.61 bits per heavy atom. The molecule has 0 fully saturated rings. The number of phosphoric ester groups is 1. The zero-order chi connectivity index (χ0) is 21.1. The van der Waals surface area contributed by atoms with Crippen LogP contribution in [0.15, 0.2) is 0 Å². The SMILES string of the molecule is CCCCCCCCCCOP(=O)(O)OCC[N+](C)(C)CCCCCCCC. The molecule has 0 spiro atoms. The summed E-state index contributed by atoms with van der Waals surface area (Å²) in [5, 5.41) is 0. The lowest BCUT2D eigenvalue weighted by Crippen LogP contribution is -2.42. The summed E-state index contributed by atoms with van der Waals surface area (Å²) in [6, 6.07) is 0. The summed E-state index contributed by atoms with van der Waals surface area (Å²) in [5.41, 5.74) is 0. The van der Waals surface area contributed by atoms with Crippen LogP contribution in [0.25, 0.3) is 0 Å². The second-order valence-corrected chi connectivity index (χ2v) is 10.2. The molecule has 0 saturated carbocycles. The summed E-state index contributed by atoms with van der Waals surface area (Å²) >= 11 is 0. The highest BCUT2D eigenvalue weighted by Crippen LogP contribution is 2.43. The molecule has 0 aliphatic carbocycles. The van der Waals surface area contributed by atoms with Gasteiger partial charge in [0.1, 0.15) is 13.2 Å². The Morgan fingerprint density at radius 1 is 0.643 bits per heavy atom. The van der Waals surface area contributed by atoms with E-state index in [0.717, 1.165) is 30.4 Å². The summed E-state index contributed by atoms with van der Waals surface area (Å²) in [5.74, 6) is 0. The van der Waals surface area contributed by atoms with Gasteiger partial charge in [0.2, 0.25) is 0 Å². The van der Waals surface area contributed by atoms with Crippen LogP contribution in [-0.2, 0) is 13.6 Å². The predicted molar refractivity (Wildman–Crippen MR) is 120 cm³/mol. The van der Waals surface area contributed by atoms with Crippen molar-refractivity contribution in [2.24, 2.45) is 0 Å². The number of quaternary nitrogens is 1. The minimum atomic E-state index is -3.90. The predicted octanol–water partition coefficient (Wildman–Crippen LogP) is 6.70. The first-order valence-corrected chi connectivity index (χ1v) is 13.3. The van der Waals surface area contributed by atoms with Crippen LogP contribution in [0, 0.1) is 0 Å².